The molecule has 1 rings (SSSR count). The van der Waals surface area contributed by atoms with Gasteiger partial charge in [0.2, 0.25) is 0 Å². The smallest absolute Gasteiger partial charge is 0.254 e. The highest BCUT2D eigenvalue weighted by atomic mass is 79.9. The lowest BCUT2D eigenvalue weighted by Gasteiger charge is -2.07. The summed E-state index contributed by atoms with van der Waals surface area (Å²) in [6.45, 7) is 3.01. The molecule has 0 saturated carbocycles. The first-order valence-electron chi connectivity index (χ1n) is 5.93. The number of nitrogens with one attached hydrogen (secondary N) is 1. The molecular formula is C13H16BrF2NO2. The Labute approximate surface area is 119 Å². The molecule has 0 radical (unpaired) electrons. The summed E-state index contributed by atoms with van der Waals surface area (Å²) in [6, 6.07) is 1.94. The van der Waals surface area contributed by atoms with Crippen LogP contribution in [-0.2, 0) is 4.74 Å². The van der Waals surface area contributed by atoms with Crippen LogP contribution >= 0.6 is 15.9 Å². The number of ether oxygens (including phenoxy) is 1. The SMILES string of the molecule is Cc1cc(C(=O)NCCCOCCBr)c(F)cc1F. The number of carbonyl (C=O) groups is 1. The number of rotatable bonds is 7. The maximum atomic E-state index is 13.4. The number of hydrogen-bond acceptors (Lipinski definition) is 2. The first-order chi connectivity index (χ1) is 9.06. The summed E-state index contributed by atoms with van der Waals surface area (Å²) in [6.07, 6.45) is 0.639. The van der Waals surface area contributed by atoms with E-state index in [1.165, 1.54) is 13.0 Å². The number of aryl methyl sites for hydroxylation is 1. The second kappa shape index (κ2) is 8.22. The van der Waals surface area contributed by atoms with Gasteiger partial charge < -0.3 is 10.1 Å². The average Bonchev–Trinajstić information content (AvgIpc) is 2.37. The monoisotopic (exact) mass is 335 g/mol. The van der Waals surface area contributed by atoms with Gasteiger partial charge in [-0.1, -0.05) is 15.9 Å². The van der Waals surface area contributed by atoms with E-state index in [1.54, 1.807) is 0 Å². The Morgan fingerprint density at radius 3 is 2.74 bits per heavy atom. The highest BCUT2D eigenvalue weighted by molar-refractivity contribution is 9.09. The normalized spacial score (nSPS) is 10.5. The van der Waals surface area contributed by atoms with Gasteiger partial charge in [0.1, 0.15) is 11.6 Å². The molecule has 0 aliphatic heterocycles. The molecule has 1 aromatic rings. The Morgan fingerprint density at radius 1 is 1.32 bits per heavy atom. The Kier molecular flexibility index (Phi) is 6.94. The van der Waals surface area contributed by atoms with Crippen molar-refractivity contribution in [3.63, 3.8) is 0 Å². The fourth-order valence-electron chi connectivity index (χ4n) is 1.46. The Balaban J connectivity index is 2.43. The summed E-state index contributed by atoms with van der Waals surface area (Å²) in [7, 11) is 0. The van der Waals surface area contributed by atoms with Crippen LogP contribution in [0, 0.1) is 18.6 Å². The lowest BCUT2D eigenvalue weighted by Crippen LogP contribution is -2.26. The van der Waals surface area contributed by atoms with Crippen molar-refractivity contribution in [3.8, 4) is 0 Å². The van der Waals surface area contributed by atoms with Crippen molar-refractivity contribution in [1.29, 1.82) is 0 Å². The largest absolute Gasteiger partial charge is 0.381 e. The van der Waals surface area contributed by atoms with Crippen molar-refractivity contribution in [1.82, 2.24) is 5.32 Å². The van der Waals surface area contributed by atoms with Gasteiger partial charge in [-0.15, -0.1) is 0 Å². The van der Waals surface area contributed by atoms with Gasteiger partial charge in [0, 0.05) is 24.5 Å². The highest BCUT2D eigenvalue weighted by Crippen LogP contribution is 2.13. The summed E-state index contributed by atoms with van der Waals surface area (Å²) >= 11 is 3.23. The zero-order valence-corrected chi connectivity index (χ0v) is 12.2. The third-order valence-electron chi connectivity index (χ3n) is 2.47. The van der Waals surface area contributed by atoms with E-state index in [2.05, 4.69) is 21.2 Å². The van der Waals surface area contributed by atoms with Crippen molar-refractivity contribution >= 4 is 21.8 Å². The van der Waals surface area contributed by atoms with Crippen LogP contribution in [0.2, 0.25) is 0 Å². The predicted molar refractivity (Wildman–Crippen MR) is 72.7 cm³/mol. The fraction of sp³-hybridized carbons (Fsp3) is 0.462. The summed E-state index contributed by atoms with van der Waals surface area (Å²) < 4.78 is 31.7. The van der Waals surface area contributed by atoms with Crippen LogP contribution in [0.3, 0.4) is 0 Å². The molecule has 6 heteroatoms. The maximum Gasteiger partial charge on any atom is 0.254 e. The zero-order chi connectivity index (χ0) is 14.3. The first-order valence-corrected chi connectivity index (χ1v) is 7.06. The van der Waals surface area contributed by atoms with Gasteiger partial charge in [0.05, 0.1) is 12.2 Å². The molecule has 0 atom stereocenters. The minimum absolute atomic E-state index is 0.139. The van der Waals surface area contributed by atoms with Gasteiger partial charge in [-0.05, 0) is 25.0 Å². The number of benzene rings is 1. The highest BCUT2D eigenvalue weighted by Gasteiger charge is 2.13. The number of halogens is 3. The maximum absolute atomic E-state index is 13.4. The van der Waals surface area contributed by atoms with Crippen molar-refractivity contribution in [2.45, 2.75) is 13.3 Å². The summed E-state index contributed by atoms with van der Waals surface area (Å²) in [5.41, 5.74) is 0.104. The van der Waals surface area contributed by atoms with Crippen LogP contribution in [0.15, 0.2) is 12.1 Å². The van der Waals surface area contributed by atoms with E-state index in [4.69, 9.17) is 4.74 Å². The summed E-state index contributed by atoms with van der Waals surface area (Å²) in [4.78, 5) is 11.7. The van der Waals surface area contributed by atoms with Gasteiger partial charge in [-0.25, -0.2) is 8.78 Å². The lowest BCUT2D eigenvalue weighted by atomic mass is 10.1. The van der Waals surface area contributed by atoms with Gasteiger partial charge in [0.25, 0.3) is 5.91 Å². The van der Waals surface area contributed by atoms with E-state index in [0.717, 1.165) is 11.4 Å². The van der Waals surface area contributed by atoms with Gasteiger partial charge in [-0.2, -0.15) is 0 Å². The van der Waals surface area contributed by atoms with Crippen LogP contribution in [0.4, 0.5) is 8.78 Å². The molecule has 0 unspecified atom stereocenters. The van der Waals surface area contributed by atoms with Crippen molar-refractivity contribution < 1.29 is 18.3 Å². The standard InChI is InChI=1S/C13H16BrF2NO2/c1-9-7-10(12(16)8-11(9)15)13(18)17-4-2-5-19-6-3-14/h7-8H,2-6H2,1H3,(H,17,18). The molecule has 1 amide bonds. The molecule has 1 aromatic carbocycles. The van der Waals surface area contributed by atoms with E-state index < -0.39 is 17.5 Å². The molecule has 0 aliphatic rings. The number of alkyl halides is 1. The topological polar surface area (TPSA) is 38.3 Å². The number of hydrogen-bond donors (Lipinski definition) is 1. The van der Waals surface area contributed by atoms with E-state index in [0.29, 0.717) is 26.2 Å². The van der Waals surface area contributed by atoms with Crippen LogP contribution in [0.5, 0.6) is 0 Å². The lowest BCUT2D eigenvalue weighted by molar-refractivity contribution is 0.0940. The Hall–Kier alpha value is -1.01. The quantitative estimate of drug-likeness (QED) is 0.614. The van der Waals surface area contributed by atoms with Crippen molar-refractivity contribution in [3.05, 3.63) is 34.9 Å². The van der Waals surface area contributed by atoms with Crippen LogP contribution in [0.25, 0.3) is 0 Å². The molecule has 0 saturated heterocycles. The second-order valence-electron chi connectivity index (χ2n) is 3.99. The Morgan fingerprint density at radius 2 is 2.05 bits per heavy atom. The number of amides is 1. The van der Waals surface area contributed by atoms with Crippen LogP contribution in [-0.4, -0.2) is 31.0 Å². The predicted octanol–water partition coefficient (Wildman–Crippen LogP) is 2.80. The Bertz CT molecular complexity index is 441. The third-order valence-corrected chi connectivity index (χ3v) is 2.79. The molecule has 3 nitrogen and oxygen atoms in total. The van der Waals surface area contributed by atoms with Gasteiger partial charge >= 0.3 is 0 Å². The van der Waals surface area contributed by atoms with Crippen molar-refractivity contribution in [2.24, 2.45) is 0 Å². The fourth-order valence-corrected chi connectivity index (χ4v) is 1.69. The van der Waals surface area contributed by atoms with E-state index in [1.807, 2.05) is 0 Å². The molecule has 1 N–H and O–H groups in total. The van der Waals surface area contributed by atoms with Crippen LogP contribution in [0.1, 0.15) is 22.3 Å². The van der Waals surface area contributed by atoms with Gasteiger partial charge in [-0.3, -0.25) is 4.79 Å². The molecule has 0 heterocycles. The molecule has 0 fully saturated rings. The van der Waals surface area contributed by atoms with Gasteiger partial charge in [0.15, 0.2) is 0 Å². The van der Waals surface area contributed by atoms with E-state index in [9.17, 15) is 13.6 Å². The third kappa shape index (κ3) is 5.24. The molecule has 0 bridgehead atoms. The average molecular weight is 336 g/mol. The molecule has 106 valence electrons. The summed E-state index contributed by atoms with van der Waals surface area (Å²) in [5.74, 6) is -2.05. The first kappa shape index (κ1) is 16.0. The van der Waals surface area contributed by atoms with Crippen LogP contribution < -0.4 is 5.32 Å². The van der Waals surface area contributed by atoms with Crippen molar-refractivity contribution in [2.75, 3.05) is 25.1 Å². The molecular weight excluding hydrogens is 320 g/mol. The van der Waals surface area contributed by atoms with E-state index >= 15 is 0 Å². The molecule has 19 heavy (non-hydrogen) atoms. The van der Waals surface area contributed by atoms with E-state index in [-0.39, 0.29) is 11.1 Å². The molecule has 0 aliphatic carbocycles. The number of carbonyl (C=O) groups excluding carboxylic acids is 1. The molecule has 0 spiro atoms. The molecule has 0 aromatic heterocycles. The minimum atomic E-state index is -0.851. The zero-order valence-electron chi connectivity index (χ0n) is 10.6. The minimum Gasteiger partial charge on any atom is -0.381 e. The second-order valence-corrected chi connectivity index (χ2v) is 4.79. The summed E-state index contributed by atoms with van der Waals surface area (Å²) in [5, 5.41) is 3.33.